The van der Waals surface area contributed by atoms with Crippen molar-refractivity contribution in [2.24, 2.45) is 0 Å². The molecule has 0 saturated carbocycles. The SMILES string of the molecule is CC(C)N1CCN[C@@H](C(=O)N2CCN(c3ccc(F)cc3F)CC2)C1. The largest absolute Gasteiger partial charge is 0.366 e. The van der Waals surface area contributed by atoms with E-state index in [9.17, 15) is 13.6 Å². The lowest BCUT2D eigenvalue weighted by atomic mass is 10.1. The Labute approximate surface area is 147 Å². The maximum atomic E-state index is 13.9. The van der Waals surface area contributed by atoms with Crippen LogP contribution in [0.15, 0.2) is 18.2 Å². The summed E-state index contributed by atoms with van der Waals surface area (Å²) >= 11 is 0. The standard InChI is InChI=1S/C18H26F2N4O/c1-13(2)24-6-5-21-16(12-24)18(25)23-9-7-22(8-10-23)17-4-3-14(19)11-15(17)20/h3-4,11,13,16,21H,5-10,12H2,1-2H3/t16-/m1/s1. The van der Waals surface area contributed by atoms with Crippen LogP contribution in [-0.4, -0.2) is 73.6 Å². The van der Waals surface area contributed by atoms with Crippen molar-refractivity contribution in [1.29, 1.82) is 0 Å². The lowest BCUT2D eigenvalue weighted by Gasteiger charge is -2.40. The highest BCUT2D eigenvalue weighted by molar-refractivity contribution is 5.82. The number of benzene rings is 1. The number of nitrogens with zero attached hydrogens (tertiary/aromatic N) is 3. The third kappa shape index (κ3) is 4.10. The highest BCUT2D eigenvalue weighted by atomic mass is 19.1. The van der Waals surface area contributed by atoms with Gasteiger partial charge in [-0.25, -0.2) is 8.78 Å². The average molecular weight is 352 g/mol. The summed E-state index contributed by atoms with van der Waals surface area (Å²) in [5, 5.41) is 3.31. The molecule has 1 N–H and O–H groups in total. The number of rotatable bonds is 3. The van der Waals surface area contributed by atoms with Crippen LogP contribution in [0.5, 0.6) is 0 Å². The number of amides is 1. The van der Waals surface area contributed by atoms with Gasteiger partial charge in [0.2, 0.25) is 5.91 Å². The molecule has 3 rings (SSSR count). The maximum absolute atomic E-state index is 13.9. The van der Waals surface area contributed by atoms with Crippen molar-refractivity contribution >= 4 is 11.6 Å². The number of hydrogen-bond acceptors (Lipinski definition) is 4. The molecule has 1 aromatic rings. The molecule has 25 heavy (non-hydrogen) atoms. The molecule has 0 unspecified atom stereocenters. The summed E-state index contributed by atoms with van der Waals surface area (Å²) in [6.07, 6.45) is 0. The molecule has 1 aromatic carbocycles. The number of halogens is 2. The van der Waals surface area contributed by atoms with Gasteiger partial charge in [-0.15, -0.1) is 0 Å². The first-order chi connectivity index (χ1) is 12.0. The van der Waals surface area contributed by atoms with Crippen molar-refractivity contribution in [3.63, 3.8) is 0 Å². The van der Waals surface area contributed by atoms with Crippen LogP contribution < -0.4 is 10.2 Å². The third-order valence-corrected chi connectivity index (χ3v) is 5.08. The Kier molecular flexibility index (Phi) is 5.54. The van der Waals surface area contributed by atoms with Crippen molar-refractivity contribution in [3.8, 4) is 0 Å². The number of carbonyl (C=O) groups excluding carboxylic acids is 1. The molecule has 0 aliphatic carbocycles. The Hall–Kier alpha value is -1.73. The van der Waals surface area contributed by atoms with Gasteiger partial charge in [-0.1, -0.05) is 0 Å². The second kappa shape index (κ2) is 7.66. The van der Waals surface area contributed by atoms with Gasteiger partial charge in [-0.2, -0.15) is 0 Å². The second-order valence-corrected chi connectivity index (χ2v) is 7.00. The minimum absolute atomic E-state index is 0.115. The molecule has 2 heterocycles. The van der Waals surface area contributed by atoms with E-state index in [-0.39, 0.29) is 11.9 Å². The van der Waals surface area contributed by atoms with Gasteiger partial charge < -0.3 is 15.1 Å². The third-order valence-electron chi connectivity index (χ3n) is 5.08. The molecule has 0 aromatic heterocycles. The molecule has 5 nitrogen and oxygen atoms in total. The van der Waals surface area contributed by atoms with E-state index in [1.165, 1.54) is 12.1 Å². The summed E-state index contributed by atoms with van der Waals surface area (Å²) in [5.74, 6) is -1.01. The van der Waals surface area contributed by atoms with Gasteiger partial charge in [0, 0.05) is 57.9 Å². The van der Waals surface area contributed by atoms with E-state index in [2.05, 4.69) is 24.1 Å². The molecule has 1 atom stereocenters. The molecule has 7 heteroatoms. The summed E-state index contributed by atoms with van der Waals surface area (Å²) < 4.78 is 27.0. The summed E-state index contributed by atoms with van der Waals surface area (Å²) in [6, 6.07) is 3.88. The van der Waals surface area contributed by atoms with Gasteiger partial charge in [0.15, 0.2) is 0 Å². The zero-order valence-electron chi connectivity index (χ0n) is 14.8. The number of hydrogen-bond donors (Lipinski definition) is 1. The van der Waals surface area contributed by atoms with Crippen LogP contribution in [0.3, 0.4) is 0 Å². The average Bonchev–Trinajstić information content (AvgIpc) is 2.61. The van der Waals surface area contributed by atoms with Gasteiger partial charge in [0.05, 0.1) is 11.7 Å². The quantitative estimate of drug-likeness (QED) is 0.890. The highest BCUT2D eigenvalue weighted by Crippen LogP contribution is 2.22. The first kappa shape index (κ1) is 18.1. The molecular weight excluding hydrogens is 326 g/mol. The number of nitrogens with one attached hydrogen (secondary N) is 1. The van der Waals surface area contributed by atoms with Gasteiger partial charge in [-0.3, -0.25) is 9.69 Å². The van der Waals surface area contributed by atoms with Crippen molar-refractivity contribution in [2.75, 3.05) is 50.7 Å². The maximum Gasteiger partial charge on any atom is 0.241 e. The Balaban J connectivity index is 1.57. The Morgan fingerprint density at radius 2 is 1.88 bits per heavy atom. The second-order valence-electron chi connectivity index (χ2n) is 7.00. The van der Waals surface area contributed by atoms with Gasteiger partial charge in [0.25, 0.3) is 0 Å². The van der Waals surface area contributed by atoms with Crippen LogP contribution >= 0.6 is 0 Å². The lowest BCUT2D eigenvalue weighted by Crippen LogP contribution is -2.61. The molecule has 138 valence electrons. The van der Waals surface area contributed by atoms with Crippen LogP contribution in [0.25, 0.3) is 0 Å². The molecule has 0 spiro atoms. The highest BCUT2D eigenvalue weighted by Gasteiger charge is 2.31. The predicted octanol–water partition coefficient (Wildman–Crippen LogP) is 1.30. The fourth-order valence-corrected chi connectivity index (χ4v) is 3.53. The Bertz CT molecular complexity index is 617. The molecule has 0 radical (unpaired) electrons. The molecular formula is C18H26F2N4O. The van der Waals surface area contributed by atoms with E-state index < -0.39 is 11.6 Å². The molecule has 2 aliphatic heterocycles. The van der Waals surface area contributed by atoms with E-state index in [4.69, 9.17) is 0 Å². The van der Waals surface area contributed by atoms with Gasteiger partial charge in [-0.05, 0) is 26.0 Å². The number of anilines is 1. The van der Waals surface area contributed by atoms with Crippen molar-refractivity contribution < 1.29 is 13.6 Å². The molecule has 2 fully saturated rings. The monoisotopic (exact) mass is 352 g/mol. The zero-order valence-corrected chi connectivity index (χ0v) is 14.8. The summed E-state index contributed by atoms with van der Waals surface area (Å²) in [4.78, 5) is 18.8. The smallest absolute Gasteiger partial charge is 0.241 e. The fraction of sp³-hybridized carbons (Fsp3) is 0.611. The summed E-state index contributed by atoms with van der Waals surface area (Å²) in [7, 11) is 0. The van der Waals surface area contributed by atoms with Crippen LogP contribution in [0.2, 0.25) is 0 Å². The number of carbonyl (C=O) groups is 1. The Morgan fingerprint density at radius 3 is 2.52 bits per heavy atom. The fourth-order valence-electron chi connectivity index (χ4n) is 3.53. The van der Waals surface area contributed by atoms with E-state index in [1.54, 1.807) is 0 Å². The molecule has 2 saturated heterocycles. The first-order valence-corrected chi connectivity index (χ1v) is 8.92. The van der Waals surface area contributed by atoms with E-state index in [0.717, 1.165) is 25.7 Å². The van der Waals surface area contributed by atoms with Crippen LogP contribution in [0, 0.1) is 11.6 Å². The zero-order chi connectivity index (χ0) is 18.0. The van der Waals surface area contributed by atoms with E-state index in [0.29, 0.717) is 37.9 Å². The van der Waals surface area contributed by atoms with Crippen LogP contribution in [-0.2, 0) is 4.79 Å². The molecule has 2 aliphatic rings. The predicted molar refractivity (Wildman–Crippen MR) is 93.7 cm³/mol. The van der Waals surface area contributed by atoms with Gasteiger partial charge >= 0.3 is 0 Å². The molecule has 1 amide bonds. The first-order valence-electron chi connectivity index (χ1n) is 8.92. The molecule has 0 bridgehead atoms. The summed E-state index contributed by atoms with van der Waals surface area (Å²) in [5.41, 5.74) is 0.398. The minimum Gasteiger partial charge on any atom is -0.366 e. The van der Waals surface area contributed by atoms with Crippen molar-refractivity contribution in [3.05, 3.63) is 29.8 Å². The van der Waals surface area contributed by atoms with Crippen molar-refractivity contribution in [1.82, 2.24) is 15.1 Å². The normalized spacial score (nSPS) is 22.5. The van der Waals surface area contributed by atoms with Crippen molar-refractivity contribution in [2.45, 2.75) is 25.9 Å². The Morgan fingerprint density at radius 1 is 1.16 bits per heavy atom. The van der Waals surface area contributed by atoms with E-state index >= 15 is 0 Å². The lowest BCUT2D eigenvalue weighted by molar-refractivity contribution is -0.135. The minimum atomic E-state index is -0.576. The van der Waals surface area contributed by atoms with Crippen LogP contribution in [0.1, 0.15) is 13.8 Å². The topological polar surface area (TPSA) is 38.8 Å². The summed E-state index contributed by atoms with van der Waals surface area (Å²) in [6.45, 7) is 8.98. The van der Waals surface area contributed by atoms with E-state index in [1.807, 2.05) is 9.80 Å². The number of piperazine rings is 2. The van der Waals surface area contributed by atoms with Crippen LogP contribution in [0.4, 0.5) is 14.5 Å². The van der Waals surface area contributed by atoms with Gasteiger partial charge in [0.1, 0.15) is 11.6 Å².